The van der Waals surface area contributed by atoms with E-state index in [0.29, 0.717) is 49.0 Å². The highest BCUT2D eigenvalue weighted by Gasteiger charge is 2.22. The maximum absolute atomic E-state index is 14.0. The molecule has 0 spiro atoms. The first-order valence-corrected chi connectivity index (χ1v) is 15.9. The van der Waals surface area contributed by atoms with Gasteiger partial charge in [-0.2, -0.15) is 9.78 Å². The van der Waals surface area contributed by atoms with Gasteiger partial charge in [-0.05, 0) is 73.4 Å². The third-order valence-electron chi connectivity index (χ3n) is 7.23. The highest BCUT2D eigenvalue weighted by atomic mass is 79.9. The van der Waals surface area contributed by atoms with E-state index in [2.05, 4.69) is 34.9 Å². The molecule has 46 heavy (non-hydrogen) atoms. The summed E-state index contributed by atoms with van der Waals surface area (Å²) >= 11 is 15.7. The fourth-order valence-electron chi connectivity index (χ4n) is 4.97. The number of nitro benzene ring substituents is 1. The van der Waals surface area contributed by atoms with E-state index in [0.717, 1.165) is 16.9 Å². The molecule has 1 heterocycles. The van der Waals surface area contributed by atoms with Crippen LogP contribution in [0.3, 0.4) is 0 Å². The van der Waals surface area contributed by atoms with Crippen LogP contribution in [-0.2, 0) is 6.61 Å². The first-order chi connectivity index (χ1) is 22.0. The van der Waals surface area contributed by atoms with E-state index >= 15 is 0 Å². The lowest BCUT2D eigenvalue weighted by Gasteiger charge is -2.18. The number of hydrogen-bond acceptors (Lipinski definition) is 7. The molecule has 4 aromatic carbocycles. The van der Waals surface area contributed by atoms with E-state index < -0.39 is 10.5 Å². The standard InChI is InChI=1S/C34H29BrCl2N4O5/c1-5-45-31-12-20(4)27(16-26(31)19(2)3)33-39-29-9-7-6-8-25(29)34(42)40(33)38-17-22-13-23(35)14-30(41(43)44)32(22)46-18-21-10-11-24(36)15-28(21)37/h6-17,19H,5,18H2,1-4H3. The van der Waals surface area contributed by atoms with Gasteiger partial charge >= 0.3 is 5.69 Å². The molecule has 9 nitrogen and oxygen atoms in total. The van der Waals surface area contributed by atoms with E-state index in [-0.39, 0.29) is 29.5 Å². The second kappa shape index (κ2) is 14.0. The molecule has 0 aliphatic heterocycles. The van der Waals surface area contributed by atoms with Gasteiger partial charge in [-0.15, -0.1) is 0 Å². The first-order valence-electron chi connectivity index (χ1n) is 14.4. The monoisotopic (exact) mass is 722 g/mol. The molecule has 0 saturated heterocycles. The molecule has 0 aliphatic rings. The Morgan fingerprint density at radius 2 is 1.85 bits per heavy atom. The Morgan fingerprint density at radius 3 is 2.54 bits per heavy atom. The van der Waals surface area contributed by atoms with Gasteiger partial charge in [0.1, 0.15) is 12.4 Å². The van der Waals surface area contributed by atoms with E-state index in [1.54, 1.807) is 42.5 Å². The van der Waals surface area contributed by atoms with E-state index in [1.807, 2.05) is 32.0 Å². The van der Waals surface area contributed by atoms with Gasteiger partial charge < -0.3 is 9.47 Å². The van der Waals surface area contributed by atoms with Gasteiger partial charge in [0.2, 0.25) is 5.75 Å². The average molecular weight is 724 g/mol. The third kappa shape index (κ3) is 6.94. The molecule has 0 bridgehead atoms. The molecule has 236 valence electrons. The third-order valence-corrected chi connectivity index (χ3v) is 8.28. The van der Waals surface area contributed by atoms with Crippen LogP contribution < -0.4 is 15.0 Å². The summed E-state index contributed by atoms with van der Waals surface area (Å²) in [6, 6.07) is 18.8. The fraction of sp³-hybridized carbons (Fsp3) is 0.206. The Kier molecular flexibility index (Phi) is 10.1. The van der Waals surface area contributed by atoms with Gasteiger partial charge in [0.15, 0.2) is 5.82 Å². The topological polar surface area (TPSA) is 109 Å². The summed E-state index contributed by atoms with van der Waals surface area (Å²) in [4.78, 5) is 30.4. The number of ether oxygens (including phenoxy) is 2. The zero-order chi connectivity index (χ0) is 33.1. The molecule has 0 aliphatic carbocycles. The van der Waals surface area contributed by atoms with Crippen molar-refractivity contribution in [1.29, 1.82) is 0 Å². The SMILES string of the molecule is CCOc1cc(C)c(-c2nc3ccccc3c(=O)n2N=Cc2cc(Br)cc([N+](=O)[O-])c2OCc2ccc(Cl)cc2Cl)cc1C(C)C. The van der Waals surface area contributed by atoms with Crippen molar-refractivity contribution in [2.75, 3.05) is 6.61 Å². The minimum atomic E-state index is -0.549. The summed E-state index contributed by atoms with van der Waals surface area (Å²) < 4.78 is 13.5. The predicted octanol–water partition coefficient (Wildman–Crippen LogP) is 9.33. The van der Waals surface area contributed by atoms with Gasteiger partial charge in [-0.3, -0.25) is 14.9 Å². The largest absolute Gasteiger partial charge is 0.494 e. The molecule has 1 aromatic heterocycles. The molecular formula is C34H29BrCl2N4O5. The van der Waals surface area contributed by atoms with Gasteiger partial charge in [0.05, 0.1) is 28.6 Å². The summed E-state index contributed by atoms with van der Waals surface area (Å²) in [6.45, 7) is 8.41. The van der Waals surface area contributed by atoms with Crippen LogP contribution in [0.2, 0.25) is 10.0 Å². The normalized spacial score (nSPS) is 11.5. The van der Waals surface area contributed by atoms with Crippen LogP contribution in [0.15, 0.2) is 81.1 Å². The molecular weight excluding hydrogens is 695 g/mol. The van der Waals surface area contributed by atoms with Crippen LogP contribution in [0.5, 0.6) is 11.5 Å². The predicted molar refractivity (Wildman–Crippen MR) is 186 cm³/mol. The molecule has 0 amide bonds. The van der Waals surface area contributed by atoms with Gasteiger partial charge in [0.25, 0.3) is 5.56 Å². The quantitative estimate of drug-likeness (QED) is 0.0807. The van der Waals surface area contributed by atoms with Crippen molar-refractivity contribution in [2.45, 2.75) is 40.2 Å². The molecule has 0 N–H and O–H groups in total. The van der Waals surface area contributed by atoms with E-state index in [9.17, 15) is 14.9 Å². The second-order valence-corrected chi connectivity index (χ2v) is 12.5. The average Bonchev–Trinajstić information content (AvgIpc) is 3.00. The van der Waals surface area contributed by atoms with Crippen molar-refractivity contribution in [2.24, 2.45) is 5.10 Å². The fourth-order valence-corrected chi connectivity index (χ4v) is 5.90. The van der Waals surface area contributed by atoms with Crippen molar-refractivity contribution in [1.82, 2.24) is 9.66 Å². The highest BCUT2D eigenvalue weighted by Crippen LogP contribution is 2.36. The Labute approximate surface area is 283 Å². The van der Waals surface area contributed by atoms with Gasteiger partial charge in [-0.25, -0.2) is 4.98 Å². The maximum Gasteiger partial charge on any atom is 0.312 e. The molecule has 0 fully saturated rings. The first kappa shape index (κ1) is 33.1. The summed E-state index contributed by atoms with van der Waals surface area (Å²) in [6.07, 6.45) is 1.35. The maximum atomic E-state index is 14.0. The number of para-hydroxylation sites is 1. The number of benzene rings is 4. The van der Waals surface area contributed by atoms with Crippen molar-refractivity contribution >= 4 is 61.9 Å². The van der Waals surface area contributed by atoms with E-state index in [4.69, 9.17) is 37.7 Å². The lowest BCUT2D eigenvalue weighted by molar-refractivity contribution is -0.386. The molecule has 0 saturated carbocycles. The van der Waals surface area contributed by atoms with Crippen LogP contribution in [0, 0.1) is 17.0 Å². The van der Waals surface area contributed by atoms with Crippen LogP contribution in [0.4, 0.5) is 5.69 Å². The van der Waals surface area contributed by atoms with Crippen molar-refractivity contribution in [3.63, 3.8) is 0 Å². The summed E-state index contributed by atoms with van der Waals surface area (Å²) in [5, 5.41) is 17.9. The smallest absolute Gasteiger partial charge is 0.312 e. The molecule has 5 aromatic rings. The zero-order valence-electron chi connectivity index (χ0n) is 25.4. The second-order valence-electron chi connectivity index (χ2n) is 10.7. The van der Waals surface area contributed by atoms with Gasteiger partial charge in [-0.1, -0.05) is 71.2 Å². The minimum Gasteiger partial charge on any atom is -0.494 e. The summed E-state index contributed by atoms with van der Waals surface area (Å²) in [7, 11) is 0. The van der Waals surface area contributed by atoms with Gasteiger partial charge in [0, 0.05) is 37.3 Å². The Bertz CT molecular complexity index is 2060. The number of nitro groups is 1. The molecule has 0 radical (unpaired) electrons. The summed E-state index contributed by atoms with van der Waals surface area (Å²) in [5.74, 6) is 1.15. The number of aromatic nitrogens is 2. The van der Waals surface area contributed by atoms with Crippen LogP contribution in [-0.4, -0.2) is 27.4 Å². The van der Waals surface area contributed by atoms with Crippen molar-refractivity contribution in [3.05, 3.63) is 124 Å². The van der Waals surface area contributed by atoms with Crippen LogP contribution in [0.25, 0.3) is 22.3 Å². The number of aryl methyl sites for hydroxylation is 1. The number of hydrogen-bond donors (Lipinski definition) is 0. The molecule has 0 unspecified atom stereocenters. The molecule has 0 atom stereocenters. The van der Waals surface area contributed by atoms with Crippen molar-refractivity contribution in [3.8, 4) is 22.9 Å². The van der Waals surface area contributed by atoms with Crippen LogP contribution >= 0.6 is 39.1 Å². The molecule has 12 heteroatoms. The minimum absolute atomic E-state index is 0.0503. The van der Waals surface area contributed by atoms with Crippen LogP contribution in [0.1, 0.15) is 48.9 Å². The Balaban J connectivity index is 1.69. The number of halogens is 3. The zero-order valence-corrected chi connectivity index (χ0v) is 28.5. The lowest BCUT2D eigenvalue weighted by Crippen LogP contribution is -2.21. The Morgan fingerprint density at radius 1 is 1.09 bits per heavy atom. The van der Waals surface area contributed by atoms with E-state index in [1.165, 1.54) is 17.0 Å². The van der Waals surface area contributed by atoms with Crippen molar-refractivity contribution < 1.29 is 14.4 Å². The summed E-state index contributed by atoms with van der Waals surface area (Å²) in [5.41, 5.74) is 3.13. The number of fused-ring (bicyclic) bond motifs is 1. The molecule has 5 rings (SSSR count). The number of nitrogens with zero attached hydrogens (tertiary/aromatic N) is 4. The lowest BCUT2D eigenvalue weighted by atomic mass is 9.96. The number of rotatable bonds is 10. The highest BCUT2D eigenvalue weighted by molar-refractivity contribution is 9.10. The Hall–Kier alpha value is -4.25.